The van der Waals surface area contributed by atoms with Gasteiger partial charge in [0.1, 0.15) is 18.5 Å². The predicted octanol–water partition coefficient (Wildman–Crippen LogP) is 2.68. The van der Waals surface area contributed by atoms with Gasteiger partial charge in [-0.25, -0.2) is 0 Å². The van der Waals surface area contributed by atoms with Crippen molar-refractivity contribution in [2.45, 2.75) is 33.3 Å². The second-order valence-electron chi connectivity index (χ2n) is 6.74. The van der Waals surface area contributed by atoms with E-state index in [0.29, 0.717) is 12.5 Å². The summed E-state index contributed by atoms with van der Waals surface area (Å²) in [5, 5.41) is 13.5. The van der Waals surface area contributed by atoms with Crippen LogP contribution in [0.4, 0.5) is 0 Å². The fourth-order valence-electron chi connectivity index (χ4n) is 3.01. The zero-order valence-electron chi connectivity index (χ0n) is 16.7. The van der Waals surface area contributed by atoms with E-state index < -0.39 is 6.10 Å². The minimum atomic E-state index is -0.633. The SMILES string of the molecule is CCNC(=NCC(O)COc1cccc(C)c1)N1CCC(COCC)C1.I. The van der Waals surface area contributed by atoms with Crippen LogP contribution in [0.2, 0.25) is 0 Å². The summed E-state index contributed by atoms with van der Waals surface area (Å²) < 4.78 is 11.2. The highest BCUT2D eigenvalue weighted by atomic mass is 127. The molecule has 0 bridgehead atoms. The molecule has 2 unspecified atom stereocenters. The first kappa shape index (κ1) is 24.0. The summed E-state index contributed by atoms with van der Waals surface area (Å²) in [6.45, 7) is 10.9. The Hall–Kier alpha value is -1.06. The molecule has 2 N–H and O–H groups in total. The maximum Gasteiger partial charge on any atom is 0.194 e. The number of guanidine groups is 1. The van der Waals surface area contributed by atoms with Crippen LogP contribution in [0.15, 0.2) is 29.3 Å². The van der Waals surface area contributed by atoms with E-state index in [2.05, 4.69) is 22.1 Å². The Balaban J connectivity index is 0.00000364. The molecule has 0 aromatic heterocycles. The molecule has 1 aliphatic heterocycles. The van der Waals surface area contributed by atoms with Crippen molar-refractivity contribution in [2.24, 2.45) is 10.9 Å². The Labute approximate surface area is 180 Å². The number of nitrogens with one attached hydrogen (secondary N) is 1. The molecule has 154 valence electrons. The number of likely N-dealkylation sites (tertiary alicyclic amines) is 1. The summed E-state index contributed by atoms with van der Waals surface area (Å²) in [4.78, 5) is 6.85. The van der Waals surface area contributed by atoms with Gasteiger partial charge in [-0.2, -0.15) is 0 Å². The molecule has 6 nitrogen and oxygen atoms in total. The summed E-state index contributed by atoms with van der Waals surface area (Å²) in [7, 11) is 0. The largest absolute Gasteiger partial charge is 0.491 e. The zero-order chi connectivity index (χ0) is 18.8. The minimum absolute atomic E-state index is 0. The first-order valence-electron chi connectivity index (χ1n) is 9.60. The highest BCUT2D eigenvalue weighted by Gasteiger charge is 2.25. The Morgan fingerprint density at radius 3 is 2.93 bits per heavy atom. The fourth-order valence-corrected chi connectivity index (χ4v) is 3.01. The number of nitrogens with zero attached hydrogens (tertiary/aromatic N) is 2. The highest BCUT2D eigenvalue weighted by Crippen LogP contribution is 2.17. The third kappa shape index (κ3) is 8.66. The van der Waals surface area contributed by atoms with Crippen LogP contribution >= 0.6 is 24.0 Å². The third-order valence-electron chi connectivity index (χ3n) is 4.36. The van der Waals surface area contributed by atoms with Gasteiger partial charge < -0.3 is 24.8 Å². The number of rotatable bonds is 9. The van der Waals surface area contributed by atoms with Crippen molar-refractivity contribution in [3.05, 3.63) is 29.8 Å². The van der Waals surface area contributed by atoms with Crippen LogP contribution in [-0.4, -0.2) is 68.1 Å². The van der Waals surface area contributed by atoms with Crippen LogP contribution < -0.4 is 10.1 Å². The summed E-state index contributed by atoms with van der Waals surface area (Å²) >= 11 is 0. The smallest absolute Gasteiger partial charge is 0.194 e. The van der Waals surface area contributed by atoms with Crippen LogP contribution in [0.1, 0.15) is 25.8 Å². The third-order valence-corrected chi connectivity index (χ3v) is 4.36. The molecule has 0 saturated carbocycles. The lowest BCUT2D eigenvalue weighted by atomic mass is 10.1. The average Bonchev–Trinajstić information content (AvgIpc) is 3.10. The lowest BCUT2D eigenvalue weighted by Gasteiger charge is -2.22. The molecule has 27 heavy (non-hydrogen) atoms. The molecular formula is C20H34IN3O3. The van der Waals surface area contributed by atoms with E-state index in [1.165, 1.54) is 0 Å². The minimum Gasteiger partial charge on any atom is -0.491 e. The maximum atomic E-state index is 10.2. The van der Waals surface area contributed by atoms with Crippen LogP contribution in [0.3, 0.4) is 0 Å². The number of benzene rings is 1. The topological polar surface area (TPSA) is 66.3 Å². The molecule has 7 heteroatoms. The number of hydrogen-bond acceptors (Lipinski definition) is 4. The van der Waals surface area contributed by atoms with Crippen molar-refractivity contribution in [2.75, 3.05) is 46.0 Å². The summed E-state index contributed by atoms with van der Waals surface area (Å²) in [5.74, 6) is 2.19. The molecule has 1 aliphatic rings. The van der Waals surface area contributed by atoms with Gasteiger partial charge in [0.15, 0.2) is 5.96 Å². The van der Waals surface area contributed by atoms with Gasteiger partial charge in [0, 0.05) is 32.2 Å². The molecule has 0 amide bonds. The van der Waals surface area contributed by atoms with Crippen LogP contribution in [0.25, 0.3) is 0 Å². The van der Waals surface area contributed by atoms with E-state index >= 15 is 0 Å². The number of aliphatic hydroxyl groups is 1. The van der Waals surface area contributed by atoms with Gasteiger partial charge in [-0.05, 0) is 44.9 Å². The van der Waals surface area contributed by atoms with Crippen molar-refractivity contribution < 1.29 is 14.6 Å². The molecule has 2 atom stereocenters. The van der Waals surface area contributed by atoms with E-state index in [9.17, 15) is 5.11 Å². The van der Waals surface area contributed by atoms with Gasteiger partial charge in [-0.1, -0.05) is 12.1 Å². The standard InChI is InChI=1S/C20H33N3O3.HI/c1-4-21-20(23-10-9-17(13-23)14-25-5-2)22-12-18(24)15-26-19-8-6-7-16(3)11-19;/h6-8,11,17-18,24H,4-5,9-10,12-15H2,1-3H3,(H,21,22);1H. The van der Waals surface area contributed by atoms with Gasteiger partial charge in [0.2, 0.25) is 0 Å². The number of aliphatic hydroxyl groups excluding tert-OH is 1. The van der Waals surface area contributed by atoms with Crippen molar-refractivity contribution in [3.8, 4) is 5.75 Å². The fraction of sp³-hybridized carbons (Fsp3) is 0.650. The van der Waals surface area contributed by atoms with Gasteiger partial charge >= 0.3 is 0 Å². The van der Waals surface area contributed by atoms with Gasteiger partial charge in [0.05, 0.1) is 13.2 Å². The second-order valence-corrected chi connectivity index (χ2v) is 6.74. The monoisotopic (exact) mass is 491 g/mol. The molecule has 2 rings (SSSR count). The Morgan fingerprint density at radius 2 is 2.22 bits per heavy atom. The molecule has 0 radical (unpaired) electrons. The van der Waals surface area contributed by atoms with Crippen LogP contribution in [-0.2, 0) is 4.74 Å². The predicted molar refractivity (Wildman–Crippen MR) is 120 cm³/mol. The van der Waals surface area contributed by atoms with E-state index in [0.717, 1.165) is 56.5 Å². The van der Waals surface area contributed by atoms with Crippen molar-refractivity contribution in [1.82, 2.24) is 10.2 Å². The van der Waals surface area contributed by atoms with E-state index in [-0.39, 0.29) is 30.6 Å². The molecule has 1 aromatic rings. The van der Waals surface area contributed by atoms with Crippen LogP contribution in [0.5, 0.6) is 5.75 Å². The van der Waals surface area contributed by atoms with E-state index in [1.54, 1.807) is 0 Å². The van der Waals surface area contributed by atoms with Crippen LogP contribution in [0, 0.1) is 12.8 Å². The number of aliphatic imine (C=N–C) groups is 1. The summed E-state index contributed by atoms with van der Waals surface area (Å²) in [5.41, 5.74) is 1.14. The molecule has 1 saturated heterocycles. The Bertz CT molecular complexity index is 571. The lowest BCUT2D eigenvalue weighted by Crippen LogP contribution is -2.41. The molecule has 0 spiro atoms. The maximum absolute atomic E-state index is 10.2. The molecule has 1 aromatic carbocycles. The van der Waals surface area contributed by atoms with Crippen molar-refractivity contribution in [1.29, 1.82) is 0 Å². The van der Waals surface area contributed by atoms with Crippen molar-refractivity contribution in [3.63, 3.8) is 0 Å². The average molecular weight is 491 g/mol. The molecule has 0 aliphatic carbocycles. The molecular weight excluding hydrogens is 457 g/mol. The number of hydrogen-bond donors (Lipinski definition) is 2. The number of aryl methyl sites for hydroxylation is 1. The summed E-state index contributed by atoms with van der Waals surface area (Å²) in [6.07, 6.45) is 0.481. The number of ether oxygens (including phenoxy) is 2. The molecule has 1 heterocycles. The van der Waals surface area contributed by atoms with E-state index in [4.69, 9.17) is 9.47 Å². The van der Waals surface area contributed by atoms with Gasteiger partial charge in [-0.3, -0.25) is 4.99 Å². The molecule has 1 fully saturated rings. The lowest BCUT2D eigenvalue weighted by molar-refractivity contribution is 0.113. The first-order valence-corrected chi connectivity index (χ1v) is 9.60. The normalized spacial score (nSPS) is 18.1. The van der Waals surface area contributed by atoms with Crippen molar-refractivity contribution >= 4 is 29.9 Å². The van der Waals surface area contributed by atoms with Gasteiger partial charge in [-0.15, -0.1) is 24.0 Å². The van der Waals surface area contributed by atoms with E-state index in [1.807, 2.05) is 38.1 Å². The van der Waals surface area contributed by atoms with Gasteiger partial charge in [0.25, 0.3) is 0 Å². The quantitative estimate of drug-likeness (QED) is 0.316. The first-order chi connectivity index (χ1) is 12.6. The highest BCUT2D eigenvalue weighted by molar-refractivity contribution is 14.0. The Morgan fingerprint density at radius 1 is 1.41 bits per heavy atom. The second kappa shape index (κ2) is 13.2. The Kier molecular flexibility index (Phi) is 11.7. The summed E-state index contributed by atoms with van der Waals surface area (Å²) in [6, 6.07) is 7.83. The number of halogens is 1. The zero-order valence-corrected chi connectivity index (χ0v) is 19.0.